The van der Waals surface area contributed by atoms with Crippen LogP contribution in [0.1, 0.15) is 45.1 Å². The van der Waals surface area contributed by atoms with Crippen molar-refractivity contribution in [1.82, 2.24) is 9.69 Å². The van der Waals surface area contributed by atoms with Gasteiger partial charge in [0.15, 0.2) is 0 Å². The van der Waals surface area contributed by atoms with Gasteiger partial charge in [-0.05, 0) is 60.0 Å². The van der Waals surface area contributed by atoms with E-state index in [1.165, 1.54) is 41.1 Å². The SMILES string of the molecule is Cc1ccc(C2CC2)cc1CNC(=O)c1ccns1. The molecule has 1 aliphatic carbocycles. The first kappa shape index (κ1) is 12.4. The third-order valence-corrected chi connectivity index (χ3v) is 4.27. The van der Waals surface area contributed by atoms with Crippen LogP contribution in [0.5, 0.6) is 0 Å². The minimum atomic E-state index is -0.0428. The van der Waals surface area contributed by atoms with E-state index in [2.05, 4.69) is 34.8 Å². The quantitative estimate of drug-likeness (QED) is 0.928. The number of aryl methyl sites for hydroxylation is 1. The highest BCUT2D eigenvalue weighted by Crippen LogP contribution is 2.40. The van der Waals surface area contributed by atoms with Crippen LogP contribution in [0, 0.1) is 6.92 Å². The van der Waals surface area contributed by atoms with Crippen molar-refractivity contribution in [3.63, 3.8) is 0 Å². The van der Waals surface area contributed by atoms with E-state index in [0.29, 0.717) is 11.4 Å². The van der Waals surface area contributed by atoms with Crippen LogP contribution in [0.25, 0.3) is 0 Å². The summed E-state index contributed by atoms with van der Waals surface area (Å²) in [4.78, 5) is 12.5. The molecular weight excluding hydrogens is 256 g/mol. The van der Waals surface area contributed by atoms with E-state index >= 15 is 0 Å². The second-order valence-corrected chi connectivity index (χ2v) is 5.85. The first-order chi connectivity index (χ1) is 9.24. The van der Waals surface area contributed by atoms with Crippen LogP contribution in [0.15, 0.2) is 30.5 Å². The number of carbonyl (C=O) groups is 1. The zero-order valence-corrected chi connectivity index (χ0v) is 11.7. The molecule has 2 aromatic rings. The average Bonchev–Trinajstić information content (AvgIpc) is 3.12. The summed E-state index contributed by atoms with van der Waals surface area (Å²) in [5.74, 6) is 0.704. The fourth-order valence-electron chi connectivity index (χ4n) is 2.15. The number of rotatable bonds is 4. The van der Waals surface area contributed by atoms with E-state index < -0.39 is 0 Å². The number of amides is 1. The molecule has 1 heterocycles. The molecule has 1 amide bonds. The molecule has 1 saturated carbocycles. The largest absolute Gasteiger partial charge is 0.347 e. The zero-order chi connectivity index (χ0) is 13.2. The second kappa shape index (κ2) is 5.13. The molecule has 0 bridgehead atoms. The number of aromatic nitrogens is 1. The van der Waals surface area contributed by atoms with E-state index in [1.807, 2.05) is 0 Å². The maximum atomic E-state index is 11.9. The number of carbonyl (C=O) groups excluding carboxylic acids is 1. The lowest BCUT2D eigenvalue weighted by molar-refractivity contribution is 0.0955. The van der Waals surface area contributed by atoms with Crippen molar-refractivity contribution < 1.29 is 4.79 Å². The normalized spacial score (nSPS) is 14.4. The molecule has 1 aromatic carbocycles. The molecule has 0 unspecified atom stereocenters. The molecule has 0 saturated heterocycles. The standard InChI is InChI=1S/C15H16N2OS/c1-10-2-3-12(11-4-5-11)8-13(10)9-16-15(18)14-6-7-17-19-14/h2-3,6-8,11H,4-5,9H2,1H3,(H,16,18). The topological polar surface area (TPSA) is 42.0 Å². The first-order valence-corrected chi connectivity index (χ1v) is 7.29. The summed E-state index contributed by atoms with van der Waals surface area (Å²) in [6.45, 7) is 2.67. The van der Waals surface area contributed by atoms with Gasteiger partial charge in [-0.25, -0.2) is 4.37 Å². The predicted octanol–water partition coefficient (Wildman–Crippen LogP) is 3.26. The van der Waals surface area contributed by atoms with Gasteiger partial charge < -0.3 is 5.32 Å². The smallest absolute Gasteiger partial charge is 0.263 e. The Hall–Kier alpha value is -1.68. The number of hydrogen-bond acceptors (Lipinski definition) is 3. The van der Waals surface area contributed by atoms with Gasteiger partial charge in [0.05, 0.1) is 0 Å². The van der Waals surface area contributed by atoms with E-state index in [0.717, 1.165) is 5.92 Å². The predicted molar refractivity (Wildman–Crippen MR) is 76.4 cm³/mol. The average molecular weight is 272 g/mol. The Morgan fingerprint density at radius 1 is 1.42 bits per heavy atom. The van der Waals surface area contributed by atoms with E-state index in [1.54, 1.807) is 12.3 Å². The van der Waals surface area contributed by atoms with Gasteiger partial charge in [-0.1, -0.05) is 18.2 Å². The van der Waals surface area contributed by atoms with Crippen molar-refractivity contribution in [2.24, 2.45) is 0 Å². The van der Waals surface area contributed by atoms with Gasteiger partial charge >= 0.3 is 0 Å². The monoisotopic (exact) mass is 272 g/mol. The van der Waals surface area contributed by atoms with E-state index in [-0.39, 0.29) is 5.91 Å². The second-order valence-electron chi connectivity index (χ2n) is 5.02. The Labute approximate surface area is 116 Å². The van der Waals surface area contributed by atoms with Gasteiger partial charge in [-0.2, -0.15) is 0 Å². The minimum Gasteiger partial charge on any atom is -0.347 e. The highest BCUT2D eigenvalue weighted by atomic mass is 32.1. The van der Waals surface area contributed by atoms with Crippen molar-refractivity contribution in [3.05, 3.63) is 52.0 Å². The van der Waals surface area contributed by atoms with Crippen molar-refractivity contribution in [3.8, 4) is 0 Å². The summed E-state index contributed by atoms with van der Waals surface area (Å²) in [6, 6.07) is 8.34. The maximum absolute atomic E-state index is 11.9. The Kier molecular flexibility index (Phi) is 3.34. The molecule has 0 radical (unpaired) electrons. The summed E-state index contributed by atoms with van der Waals surface area (Å²) in [6.07, 6.45) is 4.25. The fourth-order valence-corrected chi connectivity index (χ4v) is 2.66. The molecule has 1 aliphatic rings. The summed E-state index contributed by atoms with van der Waals surface area (Å²) < 4.78 is 3.94. The minimum absolute atomic E-state index is 0.0428. The Balaban J connectivity index is 1.69. The summed E-state index contributed by atoms with van der Waals surface area (Å²) in [5.41, 5.74) is 3.85. The molecule has 3 nitrogen and oxygen atoms in total. The maximum Gasteiger partial charge on any atom is 0.263 e. The Bertz CT molecular complexity index is 588. The lowest BCUT2D eigenvalue weighted by atomic mass is 10.0. The molecule has 3 rings (SSSR count). The summed E-state index contributed by atoms with van der Waals surface area (Å²) >= 11 is 1.23. The van der Waals surface area contributed by atoms with Gasteiger partial charge in [0.2, 0.25) is 0 Å². The van der Waals surface area contributed by atoms with E-state index in [4.69, 9.17) is 0 Å². The van der Waals surface area contributed by atoms with Gasteiger partial charge in [0.1, 0.15) is 4.88 Å². The number of hydrogen-bond donors (Lipinski definition) is 1. The third-order valence-electron chi connectivity index (χ3n) is 3.52. The molecule has 0 atom stereocenters. The molecular formula is C15H16N2OS. The lowest BCUT2D eigenvalue weighted by Crippen LogP contribution is -2.22. The molecule has 1 aromatic heterocycles. The zero-order valence-electron chi connectivity index (χ0n) is 10.8. The van der Waals surface area contributed by atoms with Gasteiger partial charge in [0.25, 0.3) is 5.91 Å². The van der Waals surface area contributed by atoms with Crippen LogP contribution < -0.4 is 5.32 Å². The van der Waals surface area contributed by atoms with Crippen LogP contribution in [0.4, 0.5) is 0 Å². The molecule has 19 heavy (non-hydrogen) atoms. The molecule has 0 spiro atoms. The van der Waals surface area contributed by atoms with Crippen molar-refractivity contribution >= 4 is 17.4 Å². The van der Waals surface area contributed by atoms with Crippen LogP contribution in [-0.4, -0.2) is 10.3 Å². The van der Waals surface area contributed by atoms with Crippen molar-refractivity contribution in [2.75, 3.05) is 0 Å². The molecule has 98 valence electrons. The van der Waals surface area contributed by atoms with Crippen LogP contribution in [0.3, 0.4) is 0 Å². The molecule has 0 aliphatic heterocycles. The van der Waals surface area contributed by atoms with Crippen molar-refractivity contribution in [1.29, 1.82) is 0 Å². The third kappa shape index (κ3) is 2.84. The number of benzene rings is 1. The highest BCUT2D eigenvalue weighted by Gasteiger charge is 2.23. The van der Waals surface area contributed by atoms with Gasteiger partial charge in [0, 0.05) is 12.7 Å². The Morgan fingerprint density at radius 2 is 2.26 bits per heavy atom. The summed E-state index contributed by atoms with van der Waals surface area (Å²) in [5, 5.41) is 2.96. The van der Waals surface area contributed by atoms with Gasteiger partial charge in [-0.3, -0.25) is 4.79 Å². The van der Waals surface area contributed by atoms with E-state index in [9.17, 15) is 4.79 Å². The first-order valence-electron chi connectivity index (χ1n) is 6.52. The fraction of sp³-hybridized carbons (Fsp3) is 0.333. The summed E-state index contributed by atoms with van der Waals surface area (Å²) in [7, 11) is 0. The van der Waals surface area contributed by atoms with Crippen LogP contribution >= 0.6 is 11.5 Å². The highest BCUT2D eigenvalue weighted by molar-refractivity contribution is 7.08. The van der Waals surface area contributed by atoms with Crippen molar-refractivity contribution in [2.45, 2.75) is 32.2 Å². The van der Waals surface area contributed by atoms with Crippen LogP contribution in [-0.2, 0) is 6.54 Å². The number of nitrogens with one attached hydrogen (secondary N) is 1. The van der Waals surface area contributed by atoms with Crippen LogP contribution in [0.2, 0.25) is 0 Å². The number of nitrogens with zero attached hydrogens (tertiary/aromatic N) is 1. The Morgan fingerprint density at radius 3 is 2.95 bits per heavy atom. The molecule has 4 heteroatoms. The molecule has 1 fully saturated rings. The van der Waals surface area contributed by atoms with Gasteiger partial charge in [-0.15, -0.1) is 0 Å². The molecule has 1 N–H and O–H groups in total. The lowest BCUT2D eigenvalue weighted by Gasteiger charge is -2.09.